The molecule has 2 saturated heterocycles. The fourth-order valence-electron chi connectivity index (χ4n) is 3.14. The number of morpholine rings is 1. The molecule has 1 saturated carbocycles. The van der Waals surface area contributed by atoms with E-state index >= 15 is 0 Å². The lowest BCUT2D eigenvalue weighted by Gasteiger charge is -2.38. The second-order valence-electron chi connectivity index (χ2n) is 5.31. The molecule has 1 aliphatic carbocycles. The topological polar surface area (TPSA) is 72.6 Å². The molecule has 3 fully saturated rings. The van der Waals surface area contributed by atoms with Crippen LogP contribution in [0.1, 0.15) is 38.5 Å². The zero-order valence-corrected chi connectivity index (χ0v) is 9.80. The second-order valence-corrected chi connectivity index (χ2v) is 5.31. The number of amides is 2. The van der Waals surface area contributed by atoms with Gasteiger partial charge in [-0.05, 0) is 38.5 Å². The normalized spacial score (nSPS) is 42.1. The lowest BCUT2D eigenvalue weighted by Crippen LogP contribution is -2.57. The lowest BCUT2D eigenvalue weighted by atomic mass is 9.90. The van der Waals surface area contributed by atoms with Crippen LogP contribution < -0.4 is 5.73 Å². The molecule has 2 aliphatic heterocycles. The third-order valence-corrected chi connectivity index (χ3v) is 4.15. The molecule has 2 amide bonds. The molecule has 2 N–H and O–H groups in total. The Bertz CT molecular complexity index is 328. The van der Waals surface area contributed by atoms with E-state index in [2.05, 4.69) is 0 Å². The zero-order valence-electron chi connectivity index (χ0n) is 9.80. The van der Waals surface area contributed by atoms with E-state index in [1.165, 1.54) is 4.90 Å². The molecule has 2 heterocycles. The van der Waals surface area contributed by atoms with Crippen molar-refractivity contribution in [2.45, 2.75) is 62.8 Å². The van der Waals surface area contributed by atoms with E-state index in [0.717, 1.165) is 25.7 Å². The summed E-state index contributed by atoms with van der Waals surface area (Å²) in [6, 6.07) is 0.288. The van der Waals surface area contributed by atoms with E-state index < -0.39 is 0 Å². The van der Waals surface area contributed by atoms with Crippen LogP contribution in [0.25, 0.3) is 0 Å². The number of rotatable bonds is 1. The minimum Gasteiger partial charge on any atom is -0.355 e. The molecule has 2 atom stereocenters. The first-order valence-corrected chi connectivity index (χ1v) is 6.45. The van der Waals surface area contributed by atoms with E-state index in [1.807, 2.05) is 0 Å². The van der Waals surface area contributed by atoms with Gasteiger partial charge in [0.1, 0.15) is 12.2 Å². The van der Waals surface area contributed by atoms with Gasteiger partial charge in [-0.3, -0.25) is 14.5 Å². The van der Waals surface area contributed by atoms with Crippen LogP contribution in [0.2, 0.25) is 0 Å². The number of carbonyl (C=O) groups is 2. The van der Waals surface area contributed by atoms with Crippen molar-refractivity contribution in [2.75, 3.05) is 0 Å². The molecular formula is C12H18N2O3. The van der Waals surface area contributed by atoms with Crippen LogP contribution in [-0.2, 0) is 14.3 Å². The number of nitrogens with zero attached hydrogens (tertiary/aromatic N) is 1. The Morgan fingerprint density at radius 2 is 1.47 bits per heavy atom. The van der Waals surface area contributed by atoms with Gasteiger partial charge >= 0.3 is 0 Å². The SMILES string of the molecule is NC1CCC(N2C(=O)C3CCC(O3)C2=O)CC1. The third-order valence-electron chi connectivity index (χ3n) is 4.15. The van der Waals surface area contributed by atoms with Crippen molar-refractivity contribution in [1.82, 2.24) is 4.90 Å². The van der Waals surface area contributed by atoms with Gasteiger partial charge in [-0.25, -0.2) is 0 Å². The fourth-order valence-corrected chi connectivity index (χ4v) is 3.14. The van der Waals surface area contributed by atoms with Crippen molar-refractivity contribution in [1.29, 1.82) is 0 Å². The predicted octanol–water partition coefficient (Wildman–Crippen LogP) is 0.173. The average molecular weight is 238 g/mol. The quantitative estimate of drug-likeness (QED) is 0.661. The third kappa shape index (κ3) is 1.77. The fraction of sp³-hybridized carbons (Fsp3) is 0.833. The molecule has 0 aromatic heterocycles. The van der Waals surface area contributed by atoms with E-state index in [-0.39, 0.29) is 36.1 Å². The number of nitrogens with two attached hydrogens (primary N) is 1. The van der Waals surface area contributed by atoms with Crippen molar-refractivity contribution in [3.05, 3.63) is 0 Å². The van der Waals surface area contributed by atoms with Crippen molar-refractivity contribution >= 4 is 11.8 Å². The standard InChI is InChI=1S/C12H18N2O3/c13-7-1-3-8(4-2-7)14-11(15)9-5-6-10(17-9)12(14)16/h7-10H,1-6,13H2. The molecule has 2 unspecified atom stereocenters. The Morgan fingerprint density at radius 3 is 2.00 bits per heavy atom. The van der Waals surface area contributed by atoms with Gasteiger partial charge in [-0.2, -0.15) is 0 Å². The Balaban J connectivity index is 1.77. The molecule has 0 aromatic carbocycles. The van der Waals surface area contributed by atoms with E-state index in [1.54, 1.807) is 0 Å². The van der Waals surface area contributed by atoms with Crippen LogP contribution in [-0.4, -0.2) is 41.0 Å². The van der Waals surface area contributed by atoms with Gasteiger partial charge in [-0.1, -0.05) is 0 Å². The maximum Gasteiger partial charge on any atom is 0.258 e. The van der Waals surface area contributed by atoms with Crippen molar-refractivity contribution in [2.24, 2.45) is 5.73 Å². The molecule has 5 heteroatoms. The van der Waals surface area contributed by atoms with Crippen LogP contribution in [0.5, 0.6) is 0 Å². The van der Waals surface area contributed by atoms with Gasteiger partial charge in [0.25, 0.3) is 11.8 Å². The molecule has 2 bridgehead atoms. The van der Waals surface area contributed by atoms with E-state index in [4.69, 9.17) is 10.5 Å². The van der Waals surface area contributed by atoms with Crippen molar-refractivity contribution in [3.63, 3.8) is 0 Å². The summed E-state index contributed by atoms with van der Waals surface area (Å²) in [4.78, 5) is 25.7. The molecule has 3 aliphatic rings. The predicted molar refractivity (Wildman–Crippen MR) is 60.0 cm³/mol. The number of hydrogen-bond donors (Lipinski definition) is 1. The summed E-state index contributed by atoms with van der Waals surface area (Å²) in [6.07, 6.45) is 4.14. The molecule has 0 spiro atoms. The van der Waals surface area contributed by atoms with E-state index in [9.17, 15) is 9.59 Å². The minimum atomic E-state index is -0.367. The highest BCUT2D eigenvalue weighted by Gasteiger charge is 2.48. The van der Waals surface area contributed by atoms with Gasteiger partial charge in [0.05, 0.1) is 0 Å². The zero-order chi connectivity index (χ0) is 12.0. The summed E-state index contributed by atoms with van der Waals surface area (Å²) in [7, 11) is 0. The Morgan fingerprint density at radius 1 is 0.941 bits per heavy atom. The summed E-state index contributed by atoms with van der Waals surface area (Å²) >= 11 is 0. The highest BCUT2D eigenvalue weighted by atomic mass is 16.5. The highest BCUT2D eigenvalue weighted by molar-refractivity contribution is 6.02. The highest BCUT2D eigenvalue weighted by Crippen LogP contribution is 2.33. The van der Waals surface area contributed by atoms with Gasteiger partial charge in [0.15, 0.2) is 0 Å². The van der Waals surface area contributed by atoms with Crippen LogP contribution >= 0.6 is 0 Å². The molecule has 3 rings (SSSR count). The molecule has 94 valence electrons. The van der Waals surface area contributed by atoms with Crippen LogP contribution in [0, 0.1) is 0 Å². The summed E-state index contributed by atoms with van der Waals surface area (Å²) < 4.78 is 5.40. The maximum atomic E-state index is 12.1. The lowest BCUT2D eigenvalue weighted by molar-refractivity contribution is -0.172. The van der Waals surface area contributed by atoms with Gasteiger partial charge in [-0.15, -0.1) is 0 Å². The Labute approximate surface area is 100 Å². The number of carbonyl (C=O) groups excluding carboxylic acids is 2. The summed E-state index contributed by atoms with van der Waals surface area (Å²) in [6.45, 7) is 0. The smallest absolute Gasteiger partial charge is 0.258 e. The van der Waals surface area contributed by atoms with Crippen LogP contribution in [0.4, 0.5) is 0 Å². The number of hydrogen-bond acceptors (Lipinski definition) is 4. The molecule has 5 nitrogen and oxygen atoms in total. The van der Waals surface area contributed by atoms with Gasteiger partial charge in [0, 0.05) is 12.1 Å². The van der Waals surface area contributed by atoms with Crippen molar-refractivity contribution in [3.8, 4) is 0 Å². The molecular weight excluding hydrogens is 220 g/mol. The molecule has 0 aromatic rings. The monoisotopic (exact) mass is 238 g/mol. The van der Waals surface area contributed by atoms with Crippen LogP contribution in [0.15, 0.2) is 0 Å². The summed E-state index contributed by atoms with van der Waals surface area (Å²) in [5.74, 6) is -0.242. The Kier molecular flexibility index (Phi) is 2.67. The number of likely N-dealkylation sites (tertiary alicyclic amines) is 1. The molecule has 0 radical (unpaired) electrons. The minimum absolute atomic E-state index is 0.0572. The Hall–Kier alpha value is -0.940. The second kappa shape index (κ2) is 4.07. The molecule has 17 heavy (non-hydrogen) atoms. The first-order valence-electron chi connectivity index (χ1n) is 6.45. The van der Waals surface area contributed by atoms with Gasteiger partial charge in [0.2, 0.25) is 0 Å². The maximum absolute atomic E-state index is 12.1. The summed E-state index contributed by atoms with van der Waals surface area (Å²) in [5, 5.41) is 0. The largest absolute Gasteiger partial charge is 0.355 e. The van der Waals surface area contributed by atoms with E-state index in [0.29, 0.717) is 12.8 Å². The van der Waals surface area contributed by atoms with Gasteiger partial charge < -0.3 is 10.5 Å². The average Bonchev–Trinajstić information content (AvgIpc) is 2.76. The number of fused-ring (bicyclic) bond motifs is 2. The number of imide groups is 1. The first-order chi connectivity index (χ1) is 8.16. The summed E-state index contributed by atoms with van der Waals surface area (Å²) in [5.41, 5.74) is 5.85. The number of ether oxygens (including phenoxy) is 1. The van der Waals surface area contributed by atoms with Crippen LogP contribution in [0.3, 0.4) is 0 Å². The van der Waals surface area contributed by atoms with Crippen molar-refractivity contribution < 1.29 is 14.3 Å². The first kappa shape index (κ1) is 11.2.